The van der Waals surface area contributed by atoms with Crippen molar-refractivity contribution >= 4 is 31.2 Å². The molecule has 2 aromatic rings. The van der Waals surface area contributed by atoms with Crippen molar-refractivity contribution in [3.05, 3.63) is 54.9 Å². The molecule has 5 heteroatoms. The van der Waals surface area contributed by atoms with Crippen LogP contribution in [0.15, 0.2) is 38.5 Å². The fraction of sp³-hybridized carbons (Fsp3) is 0.143. The average molecular weight is 320 g/mol. The van der Waals surface area contributed by atoms with Gasteiger partial charge in [0.05, 0.1) is 0 Å². The van der Waals surface area contributed by atoms with Crippen LogP contribution < -0.4 is 20.2 Å². The third-order valence-electron chi connectivity index (χ3n) is 3.14. The predicted octanol–water partition coefficient (Wildman–Crippen LogP) is 0.156. The van der Waals surface area contributed by atoms with Crippen LogP contribution in [0, 0.1) is 0 Å². The number of fused-ring (bicyclic) bond motifs is 1. The van der Waals surface area contributed by atoms with Gasteiger partial charge in [0.1, 0.15) is 0 Å². The Hall–Kier alpha value is -1.84. The van der Waals surface area contributed by atoms with Gasteiger partial charge in [-0.2, -0.15) is 0 Å². The number of rotatable bonds is 2. The van der Waals surface area contributed by atoms with Gasteiger partial charge in [0.2, 0.25) is 0 Å². The molecule has 2 aromatic carbocycles. The molecule has 3 rings (SSSR count). The van der Waals surface area contributed by atoms with Gasteiger partial charge in [-0.3, -0.25) is 0 Å². The van der Waals surface area contributed by atoms with Gasteiger partial charge in [-0.15, -0.1) is 0 Å². The molecule has 0 fully saturated rings. The molecule has 1 heterocycles. The second-order valence-electron chi connectivity index (χ2n) is 4.22. The van der Waals surface area contributed by atoms with E-state index in [2.05, 4.69) is 11.0 Å². The summed E-state index contributed by atoms with van der Waals surface area (Å²) in [5, 5.41) is 9.44. The zero-order valence-corrected chi connectivity index (χ0v) is 11.9. The first-order valence-corrected chi connectivity index (χ1v) is 7.63. The van der Waals surface area contributed by atoms with Crippen LogP contribution in [0.3, 0.4) is 0 Å². The van der Waals surface area contributed by atoms with E-state index in [4.69, 9.17) is 0 Å². The third kappa shape index (κ3) is 1.74. The maximum absolute atomic E-state index is 11.4. The van der Waals surface area contributed by atoms with Crippen LogP contribution in [0.4, 0.5) is 5.69 Å². The SMILES string of the molecule is CCN1C(=Cc2c(O)c(=O)c2=O)[Se]c2ccccc21. The standard InChI is InChI=1S/C14H11NO3Se/c1-2-15-9-5-3-4-6-10(9)19-11(15)7-8-12(16)14(18)13(8)17/h3-7,16H,2H2,1H3. The Labute approximate surface area is 115 Å². The summed E-state index contributed by atoms with van der Waals surface area (Å²) in [6.07, 6.45) is 1.66. The van der Waals surface area contributed by atoms with E-state index < -0.39 is 16.6 Å². The molecule has 19 heavy (non-hydrogen) atoms. The summed E-state index contributed by atoms with van der Waals surface area (Å²) in [7, 11) is 0. The van der Waals surface area contributed by atoms with Crippen LogP contribution in [0.25, 0.3) is 6.08 Å². The first-order valence-electron chi connectivity index (χ1n) is 5.92. The van der Waals surface area contributed by atoms with Gasteiger partial charge in [-0.25, -0.2) is 0 Å². The van der Waals surface area contributed by atoms with E-state index in [0.717, 1.165) is 16.8 Å². The van der Waals surface area contributed by atoms with Gasteiger partial charge in [-0.05, 0) is 0 Å². The first kappa shape index (κ1) is 12.2. The fourth-order valence-corrected chi connectivity index (χ4v) is 4.59. The van der Waals surface area contributed by atoms with E-state index in [1.54, 1.807) is 6.08 Å². The van der Waals surface area contributed by atoms with E-state index >= 15 is 0 Å². The van der Waals surface area contributed by atoms with Gasteiger partial charge in [0, 0.05) is 0 Å². The third-order valence-corrected chi connectivity index (χ3v) is 5.48. The first-order chi connectivity index (χ1) is 9.13. The summed E-state index contributed by atoms with van der Waals surface area (Å²) in [4.78, 5) is 24.5. The normalized spacial score (nSPS) is 16.3. The molecule has 0 spiro atoms. The Morgan fingerprint density at radius 3 is 2.68 bits per heavy atom. The number of para-hydroxylation sites is 1. The molecule has 96 valence electrons. The molecule has 0 saturated carbocycles. The van der Waals surface area contributed by atoms with Crippen LogP contribution in [0.1, 0.15) is 12.5 Å². The molecular formula is C14H11NO3Se. The molecule has 1 aliphatic heterocycles. The molecule has 0 aliphatic carbocycles. The van der Waals surface area contributed by atoms with E-state index in [0.29, 0.717) is 0 Å². The monoisotopic (exact) mass is 321 g/mol. The number of anilines is 1. The molecule has 0 unspecified atom stereocenters. The van der Waals surface area contributed by atoms with Gasteiger partial charge in [-0.1, -0.05) is 0 Å². The van der Waals surface area contributed by atoms with Gasteiger partial charge < -0.3 is 0 Å². The van der Waals surface area contributed by atoms with Crippen molar-refractivity contribution in [3.63, 3.8) is 0 Å². The minimum absolute atomic E-state index is 0.0960. The van der Waals surface area contributed by atoms with Crippen LogP contribution in [-0.4, -0.2) is 26.6 Å². The van der Waals surface area contributed by atoms with Crippen LogP contribution >= 0.6 is 0 Å². The zero-order chi connectivity index (χ0) is 13.6. The second kappa shape index (κ2) is 4.37. The number of benzene rings is 1. The van der Waals surface area contributed by atoms with Crippen molar-refractivity contribution < 1.29 is 5.11 Å². The number of aromatic hydroxyl groups is 1. The number of nitrogens with zero attached hydrogens (tertiary/aromatic N) is 1. The summed E-state index contributed by atoms with van der Waals surface area (Å²) in [5.74, 6) is -0.402. The molecular weight excluding hydrogens is 309 g/mol. The van der Waals surface area contributed by atoms with Crippen molar-refractivity contribution in [2.45, 2.75) is 6.92 Å². The molecule has 0 aromatic heterocycles. The molecule has 0 saturated heterocycles. The average Bonchev–Trinajstić information content (AvgIpc) is 2.80. The summed E-state index contributed by atoms with van der Waals surface area (Å²) in [5.41, 5.74) is -0.0757. The minimum atomic E-state index is -0.780. The van der Waals surface area contributed by atoms with Gasteiger partial charge in [0.25, 0.3) is 0 Å². The Morgan fingerprint density at radius 2 is 2.00 bits per heavy atom. The summed E-state index contributed by atoms with van der Waals surface area (Å²) in [6.45, 7) is 2.83. The summed E-state index contributed by atoms with van der Waals surface area (Å²) >= 11 is 0.0960. The quantitative estimate of drug-likeness (QED) is 0.632. The Kier molecular flexibility index (Phi) is 2.81. The molecule has 0 amide bonds. The van der Waals surface area contributed by atoms with Crippen molar-refractivity contribution in [1.82, 2.24) is 0 Å². The van der Waals surface area contributed by atoms with Gasteiger partial charge in [0.15, 0.2) is 0 Å². The van der Waals surface area contributed by atoms with Crippen LogP contribution in [0.5, 0.6) is 5.75 Å². The van der Waals surface area contributed by atoms with Crippen molar-refractivity contribution in [1.29, 1.82) is 0 Å². The number of hydrogen-bond acceptors (Lipinski definition) is 4. The second-order valence-corrected chi connectivity index (χ2v) is 6.45. The predicted molar refractivity (Wildman–Crippen MR) is 75.8 cm³/mol. The molecule has 1 N–H and O–H groups in total. The Bertz CT molecular complexity index is 756. The summed E-state index contributed by atoms with van der Waals surface area (Å²) in [6, 6.07) is 8.09. The topological polar surface area (TPSA) is 57.6 Å². The summed E-state index contributed by atoms with van der Waals surface area (Å²) < 4.78 is 2.25. The van der Waals surface area contributed by atoms with E-state index in [9.17, 15) is 14.7 Å². The van der Waals surface area contributed by atoms with Crippen molar-refractivity contribution in [3.8, 4) is 5.75 Å². The van der Waals surface area contributed by atoms with E-state index in [1.165, 1.54) is 4.46 Å². The van der Waals surface area contributed by atoms with Crippen LogP contribution in [0.2, 0.25) is 0 Å². The van der Waals surface area contributed by atoms with Gasteiger partial charge >= 0.3 is 115 Å². The molecule has 0 radical (unpaired) electrons. The Balaban J connectivity index is 2.05. The molecule has 1 aliphatic rings. The van der Waals surface area contributed by atoms with Crippen molar-refractivity contribution in [2.75, 3.05) is 11.4 Å². The van der Waals surface area contributed by atoms with E-state index in [1.807, 2.05) is 25.1 Å². The van der Waals surface area contributed by atoms with Crippen LogP contribution in [-0.2, 0) is 0 Å². The fourth-order valence-electron chi connectivity index (χ4n) is 2.14. The molecule has 0 bridgehead atoms. The number of hydrogen-bond donors (Lipinski definition) is 1. The maximum atomic E-state index is 11.4. The molecule has 0 atom stereocenters. The van der Waals surface area contributed by atoms with Crippen molar-refractivity contribution in [2.24, 2.45) is 0 Å². The zero-order valence-electron chi connectivity index (χ0n) is 10.2. The Morgan fingerprint density at radius 1 is 1.26 bits per heavy atom. The van der Waals surface area contributed by atoms with E-state index in [-0.39, 0.29) is 20.5 Å². The molecule has 4 nitrogen and oxygen atoms in total.